The van der Waals surface area contributed by atoms with Gasteiger partial charge in [0.05, 0.1) is 11.8 Å². The average Bonchev–Trinajstić information content (AvgIpc) is 2.65. The van der Waals surface area contributed by atoms with E-state index in [0.29, 0.717) is 0 Å². The standard InChI is InChI=1S/C10H20N2O3S/c1-8(2)16(14,15)12(7-10(11)13)9-5-3-4-6-9/h8-9H,3-7H2,1-2H3,(H2,11,13). The molecule has 0 aromatic heterocycles. The Morgan fingerprint density at radius 2 is 1.88 bits per heavy atom. The van der Waals surface area contributed by atoms with E-state index >= 15 is 0 Å². The zero-order valence-corrected chi connectivity index (χ0v) is 10.7. The number of amides is 1. The molecule has 0 atom stereocenters. The molecule has 0 aromatic rings. The van der Waals surface area contributed by atoms with Crippen molar-refractivity contribution in [3.05, 3.63) is 0 Å². The molecule has 0 saturated heterocycles. The molecular weight excluding hydrogens is 228 g/mol. The fraction of sp³-hybridized carbons (Fsp3) is 0.900. The highest BCUT2D eigenvalue weighted by Gasteiger charge is 2.34. The third-order valence-electron chi connectivity index (χ3n) is 2.97. The Balaban J connectivity index is 2.90. The van der Waals surface area contributed by atoms with Crippen molar-refractivity contribution in [3.63, 3.8) is 0 Å². The van der Waals surface area contributed by atoms with Crippen molar-refractivity contribution in [3.8, 4) is 0 Å². The molecule has 1 rings (SSSR count). The van der Waals surface area contributed by atoms with Crippen LogP contribution in [-0.2, 0) is 14.8 Å². The molecule has 0 spiro atoms. The summed E-state index contributed by atoms with van der Waals surface area (Å²) in [5, 5.41) is -0.507. The first-order valence-corrected chi connectivity index (χ1v) is 7.15. The average molecular weight is 248 g/mol. The SMILES string of the molecule is CC(C)S(=O)(=O)N(CC(N)=O)C1CCCC1. The van der Waals surface area contributed by atoms with Crippen molar-refractivity contribution in [2.75, 3.05) is 6.54 Å². The quantitative estimate of drug-likeness (QED) is 0.767. The topological polar surface area (TPSA) is 80.5 Å². The molecule has 6 heteroatoms. The maximum atomic E-state index is 12.1. The van der Waals surface area contributed by atoms with Gasteiger partial charge in [-0.25, -0.2) is 8.42 Å². The normalized spacial score (nSPS) is 18.5. The van der Waals surface area contributed by atoms with Crippen LogP contribution in [0.1, 0.15) is 39.5 Å². The molecule has 5 nitrogen and oxygen atoms in total. The van der Waals surface area contributed by atoms with Crippen LogP contribution in [0.3, 0.4) is 0 Å². The molecule has 0 heterocycles. The summed E-state index contributed by atoms with van der Waals surface area (Å²) in [4.78, 5) is 11.0. The van der Waals surface area contributed by atoms with Gasteiger partial charge < -0.3 is 5.73 Å². The van der Waals surface area contributed by atoms with Gasteiger partial charge in [-0.1, -0.05) is 12.8 Å². The summed E-state index contributed by atoms with van der Waals surface area (Å²) in [6.07, 6.45) is 3.71. The molecule has 0 bridgehead atoms. The van der Waals surface area contributed by atoms with Crippen LogP contribution in [0.5, 0.6) is 0 Å². The highest BCUT2D eigenvalue weighted by molar-refractivity contribution is 7.89. The lowest BCUT2D eigenvalue weighted by Crippen LogP contribution is -2.46. The number of nitrogens with zero attached hydrogens (tertiary/aromatic N) is 1. The fourth-order valence-corrected chi connectivity index (χ4v) is 3.52. The molecular formula is C10H20N2O3S. The predicted octanol–water partition coefficient (Wildman–Crippen LogP) is 0.454. The van der Waals surface area contributed by atoms with Crippen LogP contribution in [0.4, 0.5) is 0 Å². The third kappa shape index (κ3) is 2.95. The minimum absolute atomic E-state index is 0.0418. The largest absolute Gasteiger partial charge is 0.369 e. The molecule has 1 amide bonds. The third-order valence-corrected chi connectivity index (χ3v) is 5.24. The minimum Gasteiger partial charge on any atom is -0.369 e. The van der Waals surface area contributed by atoms with E-state index < -0.39 is 21.2 Å². The second-order valence-electron chi connectivity index (χ2n) is 4.54. The van der Waals surface area contributed by atoms with Crippen molar-refractivity contribution >= 4 is 15.9 Å². The van der Waals surface area contributed by atoms with Gasteiger partial charge in [0.1, 0.15) is 0 Å². The molecule has 1 saturated carbocycles. The van der Waals surface area contributed by atoms with Crippen LogP contribution in [0.15, 0.2) is 0 Å². The van der Waals surface area contributed by atoms with Gasteiger partial charge in [-0.05, 0) is 26.7 Å². The van der Waals surface area contributed by atoms with Gasteiger partial charge in [0.25, 0.3) is 0 Å². The molecule has 0 aromatic carbocycles. The first-order valence-electron chi connectivity index (χ1n) is 5.64. The van der Waals surface area contributed by atoms with E-state index in [1.54, 1.807) is 13.8 Å². The van der Waals surface area contributed by atoms with Gasteiger partial charge in [-0.15, -0.1) is 0 Å². The lowest BCUT2D eigenvalue weighted by molar-refractivity contribution is -0.118. The summed E-state index contributed by atoms with van der Waals surface area (Å²) in [5.41, 5.74) is 5.11. The highest BCUT2D eigenvalue weighted by Crippen LogP contribution is 2.26. The number of primary amides is 1. The van der Waals surface area contributed by atoms with E-state index in [1.807, 2.05) is 0 Å². The van der Waals surface area contributed by atoms with E-state index in [2.05, 4.69) is 0 Å². The van der Waals surface area contributed by atoms with Gasteiger partial charge in [0.2, 0.25) is 15.9 Å². The van der Waals surface area contributed by atoms with E-state index in [9.17, 15) is 13.2 Å². The van der Waals surface area contributed by atoms with Crippen LogP contribution >= 0.6 is 0 Å². The zero-order valence-electron chi connectivity index (χ0n) is 9.85. The van der Waals surface area contributed by atoms with Gasteiger partial charge in [-0.2, -0.15) is 4.31 Å². The first-order chi connectivity index (χ1) is 7.35. The maximum absolute atomic E-state index is 12.1. The van der Waals surface area contributed by atoms with Gasteiger partial charge in [-0.3, -0.25) is 4.79 Å². The van der Waals surface area contributed by atoms with E-state index in [4.69, 9.17) is 5.73 Å². The van der Waals surface area contributed by atoms with Crippen LogP contribution in [0.25, 0.3) is 0 Å². The summed E-state index contributed by atoms with van der Waals surface area (Å²) in [6.45, 7) is 3.06. The van der Waals surface area contributed by atoms with Crippen LogP contribution in [0.2, 0.25) is 0 Å². The molecule has 94 valence electrons. The first kappa shape index (κ1) is 13.4. The summed E-state index contributed by atoms with van der Waals surface area (Å²) in [7, 11) is -3.38. The lowest BCUT2D eigenvalue weighted by atomic mass is 10.2. The lowest BCUT2D eigenvalue weighted by Gasteiger charge is -2.28. The van der Waals surface area contributed by atoms with E-state index in [1.165, 1.54) is 4.31 Å². The summed E-state index contributed by atoms with van der Waals surface area (Å²) in [6, 6.07) is -0.0418. The van der Waals surface area contributed by atoms with E-state index in [-0.39, 0.29) is 12.6 Å². The Labute approximate surface area is 97.0 Å². The molecule has 2 N–H and O–H groups in total. The highest BCUT2D eigenvalue weighted by atomic mass is 32.2. The second-order valence-corrected chi connectivity index (χ2v) is 6.99. The monoisotopic (exact) mass is 248 g/mol. The van der Waals surface area contributed by atoms with Crippen molar-refractivity contribution in [2.45, 2.75) is 50.8 Å². The molecule has 1 aliphatic rings. The molecule has 1 aliphatic carbocycles. The van der Waals surface area contributed by atoms with Crippen molar-refractivity contribution in [1.29, 1.82) is 0 Å². The van der Waals surface area contributed by atoms with Crippen molar-refractivity contribution in [1.82, 2.24) is 4.31 Å². The predicted molar refractivity (Wildman–Crippen MR) is 62.2 cm³/mol. The van der Waals surface area contributed by atoms with Crippen LogP contribution < -0.4 is 5.73 Å². The van der Waals surface area contributed by atoms with Crippen molar-refractivity contribution in [2.24, 2.45) is 5.73 Å². The molecule has 16 heavy (non-hydrogen) atoms. The Morgan fingerprint density at radius 3 is 2.25 bits per heavy atom. The smallest absolute Gasteiger partial charge is 0.232 e. The van der Waals surface area contributed by atoms with Gasteiger partial charge in [0, 0.05) is 6.04 Å². The fourth-order valence-electron chi connectivity index (χ4n) is 2.04. The Hall–Kier alpha value is -0.620. The number of carbonyl (C=O) groups excluding carboxylic acids is 1. The van der Waals surface area contributed by atoms with Gasteiger partial charge >= 0.3 is 0 Å². The number of sulfonamides is 1. The Morgan fingerprint density at radius 1 is 1.38 bits per heavy atom. The maximum Gasteiger partial charge on any atom is 0.232 e. The Bertz CT molecular complexity index is 345. The summed E-state index contributed by atoms with van der Waals surface area (Å²) in [5.74, 6) is -0.587. The number of nitrogens with two attached hydrogens (primary N) is 1. The molecule has 0 unspecified atom stereocenters. The zero-order chi connectivity index (χ0) is 12.3. The number of hydrogen-bond donors (Lipinski definition) is 1. The number of hydrogen-bond acceptors (Lipinski definition) is 3. The number of rotatable bonds is 5. The van der Waals surface area contributed by atoms with Crippen molar-refractivity contribution < 1.29 is 13.2 Å². The molecule has 1 fully saturated rings. The summed E-state index contributed by atoms with van der Waals surface area (Å²) >= 11 is 0. The summed E-state index contributed by atoms with van der Waals surface area (Å²) < 4.78 is 25.4. The van der Waals surface area contributed by atoms with Crippen LogP contribution in [0, 0.1) is 0 Å². The van der Waals surface area contributed by atoms with E-state index in [0.717, 1.165) is 25.7 Å². The number of carbonyl (C=O) groups is 1. The minimum atomic E-state index is -3.38. The molecule has 0 radical (unpaired) electrons. The molecule has 0 aliphatic heterocycles. The Kier molecular flexibility index (Phi) is 4.32. The van der Waals surface area contributed by atoms with Gasteiger partial charge in [0.15, 0.2) is 0 Å². The van der Waals surface area contributed by atoms with Crippen LogP contribution in [-0.4, -0.2) is 36.5 Å². The second kappa shape index (κ2) is 5.14.